The van der Waals surface area contributed by atoms with E-state index >= 15 is 0 Å². The number of ether oxygens (including phenoxy) is 1. The minimum Gasteiger partial charge on any atom is -0.496 e. The number of methoxy groups -OCH3 is 1. The molecule has 0 saturated carbocycles. The second-order valence-electron chi connectivity index (χ2n) is 4.15. The van der Waals surface area contributed by atoms with Crippen molar-refractivity contribution in [3.63, 3.8) is 0 Å². The van der Waals surface area contributed by atoms with E-state index in [4.69, 9.17) is 10.5 Å². The Bertz CT molecular complexity index is 492. The Balaban J connectivity index is 2.14. The van der Waals surface area contributed by atoms with Crippen LogP contribution in [0.25, 0.3) is 0 Å². The van der Waals surface area contributed by atoms with Gasteiger partial charge in [0, 0.05) is 6.04 Å². The van der Waals surface area contributed by atoms with E-state index in [9.17, 15) is 0 Å². The average molecular weight is 247 g/mol. The minimum absolute atomic E-state index is 0.00625. The predicted octanol–water partition coefficient (Wildman–Crippen LogP) is 3.31. The van der Waals surface area contributed by atoms with E-state index < -0.39 is 0 Å². The maximum Gasteiger partial charge on any atom is 0.134 e. The van der Waals surface area contributed by atoms with Crippen LogP contribution in [0.2, 0.25) is 0 Å². The molecule has 2 N–H and O–H groups in total. The molecule has 0 bridgehead atoms. The van der Waals surface area contributed by atoms with Gasteiger partial charge in [-0.2, -0.15) is 0 Å². The molecule has 1 aromatic heterocycles. The van der Waals surface area contributed by atoms with Crippen LogP contribution in [0.1, 0.15) is 22.0 Å². The second kappa shape index (κ2) is 5.34. The Hall–Kier alpha value is -1.32. The number of thiophene rings is 1. The van der Waals surface area contributed by atoms with Gasteiger partial charge in [-0.15, -0.1) is 11.3 Å². The first kappa shape index (κ1) is 12.1. The molecule has 1 atom stereocenters. The third-order valence-electron chi connectivity index (χ3n) is 2.75. The number of rotatable bonds is 4. The highest BCUT2D eigenvalue weighted by atomic mass is 32.1. The number of benzene rings is 1. The Labute approximate surface area is 106 Å². The van der Waals surface area contributed by atoms with E-state index in [1.54, 1.807) is 18.4 Å². The summed E-state index contributed by atoms with van der Waals surface area (Å²) in [5.41, 5.74) is 8.77. The molecule has 0 radical (unpaired) electrons. The fraction of sp³-hybridized carbons (Fsp3) is 0.286. The lowest BCUT2D eigenvalue weighted by atomic mass is 10.0. The van der Waals surface area contributed by atoms with Crippen LogP contribution >= 0.6 is 11.3 Å². The van der Waals surface area contributed by atoms with Crippen molar-refractivity contribution < 1.29 is 4.74 Å². The fourth-order valence-electron chi connectivity index (χ4n) is 1.93. The highest BCUT2D eigenvalue weighted by Crippen LogP contribution is 2.31. The highest BCUT2D eigenvalue weighted by Gasteiger charge is 2.13. The van der Waals surface area contributed by atoms with Crippen LogP contribution in [0.3, 0.4) is 0 Å². The first-order valence-electron chi connectivity index (χ1n) is 5.63. The largest absolute Gasteiger partial charge is 0.496 e. The molecule has 0 amide bonds. The molecule has 2 nitrogen and oxygen atoms in total. The summed E-state index contributed by atoms with van der Waals surface area (Å²) in [6.07, 6.45) is 0.846. The maximum atomic E-state index is 6.23. The first-order valence-corrected chi connectivity index (χ1v) is 6.51. The molecule has 0 spiro atoms. The van der Waals surface area contributed by atoms with Gasteiger partial charge in [0.1, 0.15) is 5.75 Å². The van der Waals surface area contributed by atoms with Gasteiger partial charge in [-0.1, -0.05) is 29.8 Å². The van der Waals surface area contributed by atoms with E-state index in [0.29, 0.717) is 0 Å². The number of aryl methyl sites for hydroxylation is 1. The van der Waals surface area contributed by atoms with E-state index in [2.05, 4.69) is 31.2 Å². The van der Waals surface area contributed by atoms with Gasteiger partial charge in [0.15, 0.2) is 0 Å². The molecule has 1 aromatic carbocycles. The lowest BCUT2D eigenvalue weighted by Crippen LogP contribution is -2.12. The Morgan fingerprint density at radius 2 is 2.18 bits per heavy atom. The molecule has 1 unspecified atom stereocenters. The van der Waals surface area contributed by atoms with Crippen molar-refractivity contribution in [3.05, 3.63) is 51.7 Å². The van der Waals surface area contributed by atoms with Crippen LogP contribution in [0.5, 0.6) is 5.75 Å². The van der Waals surface area contributed by atoms with Crippen molar-refractivity contribution >= 4 is 11.3 Å². The van der Waals surface area contributed by atoms with Crippen molar-refractivity contribution in [3.8, 4) is 5.75 Å². The summed E-state index contributed by atoms with van der Waals surface area (Å²) in [6.45, 7) is 2.10. The predicted molar refractivity (Wildman–Crippen MR) is 72.7 cm³/mol. The average Bonchev–Trinajstić information content (AvgIpc) is 2.77. The van der Waals surface area contributed by atoms with Crippen LogP contribution in [0.15, 0.2) is 35.7 Å². The quantitative estimate of drug-likeness (QED) is 0.899. The Morgan fingerprint density at radius 3 is 2.88 bits per heavy atom. The van der Waals surface area contributed by atoms with Crippen molar-refractivity contribution in [1.82, 2.24) is 0 Å². The van der Waals surface area contributed by atoms with Crippen molar-refractivity contribution in [2.45, 2.75) is 19.4 Å². The monoisotopic (exact) mass is 247 g/mol. The van der Waals surface area contributed by atoms with E-state index in [1.807, 2.05) is 11.4 Å². The summed E-state index contributed by atoms with van der Waals surface area (Å²) >= 11 is 1.66. The Morgan fingerprint density at radius 1 is 1.35 bits per heavy atom. The van der Waals surface area contributed by atoms with E-state index in [1.165, 1.54) is 11.1 Å². The summed E-state index contributed by atoms with van der Waals surface area (Å²) in [4.78, 5) is 1.12. The molecule has 3 heteroatoms. The summed E-state index contributed by atoms with van der Waals surface area (Å²) in [5, 5.41) is 2.02. The molecule has 0 aliphatic heterocycles. The molecule has 0 aliphatic rings. The fourth-order valence-corrected chi connectivity index (χ4v) is 2.80. The third-order valence-corrected chi connectivity index (χ3v) is 3.78. The molecule has 1 heterocycles. The van der Waals surface area contributed by atoms with E-state index in [-0.39, 0.29) is 6.04 Å². The normalized spacial score (nSPS) is 12.4. The summed E-state index contributed by atoms with van der Waals surface area (Å²) in [6, 6.07) is 10.4. The van der Waals surface area contributed by atoms with Gasteiger partial charge in [-0.05, 0) is 30.4 Å². The molecule has 0 saturated heterocycles. The molecule has 2 aromatic rings. The van der Waals surface area contributed by atoms with Gasteiger partial charge in [0.2, 0.25) is 0 Å². The summed E-state index contributed by atoms with van der Waals surface area (Å²) < 4.78 is 5.30. The van der Waals surface area contributed by atoms with Crippen molar-refractivity contribution in [2.75, 3.05) is 7.11 Å². The molecule has 90 valence electrons. The Kier molecular flexibility index (Phi) is 3.82. The summed E-state index contributed by atoms with van der Waals surface area (Å²) in [7, 11) is 1.69. The van der Waals surface area contributed by atoms with Gasteiger partial charge in [0.25, 0.3) is 0 Å². The van der Waals surface area contributed by atoms with Crippen LogP contribution < -0.4 is 10.5 Å². The zero-order valence-electron chi connectivity index (χ0n) is 10.1. The minimum atomic E-state index is 0.00625. The van der Waals surface area contributed by atoms with Crippen molar-refractivity contribution in [1.29, 1.82) is 0 Å². The van der Waals surface area contributed by atoms with E-state index in [0.717, 1.165) is 17.0 Å². The number of hydrogen-bond donors (Lipinski definition) is 1. The van der Waals surface area contributed by atoms with Gasteiger partial charge < -0.3 is 10.5 Å². The molecule has 0 fully saturated rings. The standard InChI is InChI=1S/C14H17NOS/c1-10-4-3-5-11(8-10)9-12(15)14-13(16-2)6-7-17-14/h3-8,12H,9,15H2,1-2H3. The number of nitrogens with two attached hydrogens (primary N) is 1. The van der Waals surface area contributed by atoms with Crippen LogP contribution in [0, 0.1) is 6.92 Å². The zero-order chi connectivity index (χ0) is 12.3. The topological polar surface area (TPSA) is 35.2 Å². The zero-order valence-corrected chi connectivity index (χ0v) is 11.0. The number of hydrogen-bond acceptors (Lipinski definition) is 3. The maximum absolute atomic E-state index is 6.23. The smallest absolute Gasteiger partial charge is 0.134 e. The van der Waals surface area contributed by atoms with Gasteiger partial charge in [-0.25, -0.2) is 0 Å². The van der Waals surface area contributed by atoms with Crippen LogP contribution in [-0.2, 0) is 6.42 Å². The molecule has 2 rings (SSSR count). The molecule has 0 aliphatic carbocycles. The SMILES string of the molecule is COc1ccsc1C(N)Cc1cccc(C)c1. The lowest BCUT2D eigenvalue weighted by molar-refractivity contribution is 0.409. The summed E-state index contributed by atoms with van der Waals surface area (Å²) in [5.74, 6) is 0.898. The first-order chi connectivity index (χ1) is 8.20. The molecular formula is C14H17NOS. The highest BCUT2D eigenvalue weighted by molar-refractivity contribution is 7.10. The lowest BCUT2D eigenvalue weighted by Gasteiger charge is -2.12. The molecular weight excluding hydrogens is 230 g/mol. The van der Waals surface area contributed by atoms with Gasteiger partial charge in [0.05, 0.1) is 12.0 Å². The second-order valence-corrected chi connectivity index (χ2v) is 5.10. The third kappa shape index (κ3) is 2.87. The van der Waals surface area contributed by atoms with Crippen molar-refractivity contribution in [2.24, 2.45) is 5.73 Å². The van der Waals surface area contributed by atoms with Crippen LogP contribution in [0.4, 0.5) is 0 Å². The van der Waals surface area contributed by atoms with Gasteiger partial charge in [-0.3, -0.25) is 0 Å². The van der Waals surface area contributed by atoms with Crippen LogP contribution in [-0.4, -0.2) is 7.11 Å². The molecule has 17 heavy (non-hydrogen) atoms. The van der Waals surface area contributed by atoms with Gasteiger partial charge >= 0.3 is 0 Å².